The highest BCUT2D eigenvalue weighted by Crippen LogP contribution is 2.43. The van der Waals surface area contributed by atoms with Crippen molar-refractivity contribution in [3.63, 3.8) is 0 Å². The smallest absolute Gasteiger partial charge is 0.395 e. The van der Waals surface area contributed by atoms with Crippen molar-refractivity contribution >= 4 is 42.0 Å². The van der Waals surface area contributed by atoms with Gasteiger partial charge in [0.2, 0.25) is 17.6 Å². The predicted octanol–water partition coefficient (Wildman–Crippen LogP) is 4.19. The number of aromatic nitrogens is 4. The first-order valence-corrected chi connectivity index (χ1v) is 16.4. The quantitative estimate of drug-likeness (QED) is 0.184. The molecule has 1 aliphatic heterocycles. The number of methoxy groups -OCH3 is 1. The number of hydrogen-bond acceptors (Lipinski definition) is 13. The van der Waals surface area contributed by atoms with Crippen molar-refractivity contribution in [2.75, 3.05) is 19.5 Å². The zero-order valence-corrected chi connectivity index (χ0v) is 26.8. The third kappa shape index (κ3) is 6.70. The van der Waals surface area contributed by atoms with E-state index in [0.29, 0.717) is 22.3 Å². The van der Waals surface area contributed by atoms with Gasteiger partial charge in [0, 0.05) is 11.8 Å². The van der Waals surface area contributed by atoms with Crippen LogP contribution < -0.4 is 24.6 Å². The molecule has 2 aromatic carbocycles. The fraction of sp³-hybridized carbons (Fsp3) is 0.484. The van der Waals surface area contributed by atoms with Crippen LogP contribution in [0.4, 0.5) is 5.95 Å². The molecule has 5 atom stereocenters. The maximum absolute atomic E-state index is 13.1. The lowest BCUT2D eigenvalue weighted by Gasteiger charge is -2.24. The summed E-state index contributed by atoms with van der Waals surface area (Å²) in [7, 11) is -1.20. The standard InChI is InChI=1S/C31H37N6O8P/c1-18(28(38)43-20-10-5-4-6-11-20)36-46(40)45-25-22-12-8-7-9-19(22)13-14-23(25)42-16-21-15-31(2,39)29(44-21)37-17-33-24-26(37)34-30(32)35-27(24)41-3/h7-9,12-14,17-18,20-21,29,39H,4-6,10-11,15-16H2,1-3H3,(H2,32,34,35)/t18-,21-,29?,31+/m0/s1. The highest BCUT2D eigenvalue weighted by atomic mass is 31.1. The molecule has 2 fully saturated rings. The predicted molar refractivity (Wildman–Crippen MR) is 167 cm³/mol. The summed E-state index contributed by atoms with van der Waals surface area (Å²) in [5.41, 5.74) is 5.29. The topological polar surface area (TPSA) is 188 Å². The van der Waals surface area contributed by atoms with Gasteiger partial charge in [0.05, 0.1) is 19.5 Å². The van der Waals surface area contributed by atoms with Gasteiger partial charge in [-0.2, -0.15) is 9.97 Å². The van der Waals surface area contributed by atoms with Gasteiger partial charge in [-0.15, -0.1) is 0 Å². The average molecular weight is 653 g/mol. The molecule has 2 aromatic heterocycles. The van der Waals surface area contributed by atoms with Gasteiger partial charge in [-0.05, 0) is 51.0 Å². The summed E-state index contributed by atoms with van der Waals surface area (Å²) in [4.78, 5) is 38.4. The van der Waals surface area contributed by atoms with E-state index in [2.05, 4.69) is 19.7 Å². The maximum Gasteiger partial charge on any atom is 0.395 e. The summed E-state index contributed by atoms with van der Waals surface area (Å²) in [6.45, 7) is 3.23. The van der Waals surface area contributed by atoms with Gasteiger partial charge in [-0.3, -0.25) is 9.09 Å². The highest BCUT2D eigenvalue weighted by molar-refractivity contribution is 7.34. The molecule has 0 spiro atoms. The number of hydrogen-bond donors (Lipinski definition) is 2. The summed E-state index contributed by atoms with van der Waals surface area (Å²) in [5.74, 6) is 0.208. The van der Waals surface area contributed by atoms with E-state index in [0.717, 1.165) is 37.5 Å². The Morgan fingerprint density at radius 2 is 2.02 bits per heavy atom. The molecule has 0 amide bonds. The number of aliphatic hydroxyl groups is 1. The number of nitrogen functional groups attached to an aromatic ring is 1. The fourth-order valence-corrected chi connectivity index (χ4v) is 6.74. The molecule has 46 heavy (non-hydrogen) atoms. The molecule has 3 heterocycles. The molecule has 0 bridgehead atoms. The number of nitrogens with zero attached hydrogens (tertiary/aromatic N) is 5. The number of anilines is 1. The van der Waals surface area contributed by atoms with Crippen LogP contribution >= 0.6 is 8.17 Å². The van der Waals surface area contributed by atoms with Crippen LogP contribution in [-0.4, -0.2) is 68.2 Å². The zero-order chi connectivity index (χ0) is 32.4. The number of nitrogens with two attached hydrogens (primary N) is 1. The van der Waals surface area contributed by atoms with Crippen LogP contribution in [0.3, 0.4) is 0 Å². The van der Waals surface area contributed by atoms with Gasteiger partial charge in [0.1, 0.15) is 18.3 Å². The Hall–Kier alpha value is -4.10. The number of fused-ring (bicyclic) bond motifs is 2. The molecule has 4 aromatic rings. The first-order valence-electron chi connectivity index (χ1n) is 15.3. The number of ether oxygens (including phenoxy) is 4. The monoisotopic (exact) mass is 652 g/mol. The van der Waals surface area contributed by atoms with Gasteiger partial charge >= 0.3 is 14.1 Å². The molecule has 1 aliphatic carbocycles. The Bertz CT molecular complexity index is 1760. The molecule has 2 unspecified atom stereocenters. The minimum atomic E-state index is -2.65. The van der Waals surface area contributed by atoms with Crippen molar-refractivity contribution < 1.29 is 38.3 Å². The first kappa shape index (κ1) is 31.9. The van der Waals surface area contributed by atoms with E-state index in [-0.39, 0.29) is 36.7 Å². The Labute approximate surface area is 266 Å². The fourth-order valence-electron chi connectivity index (χ4n) is 5.97. The molecule has 244 valence electrons. The minimum absolute atomic E-state index is 0.00645. The molecular weight excluding hydrogens is 615 g/mol. The summed E-state index contributed by atoms with van der Waals surface area (Å²) in [6, 6.07) is 10.0. The third-order valence-electron chi connectivity index (χ3n) is 8.23. The summed E-state index contributed by atoms with van der Waals surface area (Å²) in [6.07, 6.45) is 5.02. The SMILES string of the molecule is COc1nc(N)nc2c1ncn2C1O[C@H](COc2ccc3ccccc3c2O/[P+]([O-])=N/[C@@H](C)C(=O)OC2CCCCC2)C[C@@]1(C)O. The number of carbonyl (C=O) groups is 1. The molecule has 1 saturated heterocycles. The second-order valence-electron chi connectivity index (χ2n) is 11.8. The Kier molecular flexibility index (Phi) is 9.23. The third-order valence-corrected chi connectivity index (χ3v) is 9.10. The number of carbonyl (C=O) groups excluding carboxylic acids is 1. The van der Waals surface area contributed by atoms with Crippen molar-refractivity contribution in [2.24, 2.45) is 4.74 Å². The maximum atomic E-state index is 13.1. The summed E-state index contributed by atoms with van der Waals surface area (Å²) < 4.78 is 34.8. The van der Waals surface area contributed by atoms with E-state index in [1.807, 2.05) is 30.3 Å². The van der Waals surface area contributed by atoms with E-state index in [9.17, 15) is 14.8 Å². The van der Waals surface area contributed by atoms with Gasteiger partial charge < -0.3 is 34.7 Å². The largest absolute Gasteiger partial charge is 0.575 e. The lowest BCUT2D eigenvalue weighted by atomic mass is 9.98. The van der Waals surface area contributed by atoms with E-state index in [4.69, 9.17) is 29.2 Å². The molecule has 14 nitrogen and oxygen atoms in total. The average Bonchev–Trinajstić information content (AvgIpc) is 3.59. The normalized spacial score (nSPS) is 23.0. The van der Waals surface area contributed by atoms with Gasteiger partial charge in [0.25, 0.3) is 0 Å². The molecular formula is C31H37N6O8P. The van der Waals surface area contributed by atoms with Crippen LogP contribution in [-0.2, 0) is 14.3 Å². The summed E-state index contributed by atoms with van der Waals surface area (Å²) in [5, 5.41) is 12.8. The first-order chi connectivity index (χ1) is 22.1. The van der Waals surface area contributed by atoms with E-state index in [1.165, 1.54) is 13.4 Å². The second kappa shape index (κ2) is 13.3. The zero-order valence-electron chi connectivity index (χ0n) is 25.9. The minimum Gasteiger partial charge on any atom is -0.575 e. The van der Waals surface area contributed by atoms with Crippen LogP contribution in [0.1, 0.15) is 58.6 Å². The van der Waals surface area contributed by atoms with Gasteiger partial charge in [0.15, 0.2) is 29.2 Å². The van der Waals surface area contributed by atoms with Crippen LogP contribution in [0, 0.1) is 0 Å². The van der Waals surface area contributed by atoms with Gasteiger partial charge in [-0.25, -0.2) is 9.78 Å². The van der Waals surface area contributed by atoms with Crippen molar-refractivity contribution in [1.29, 1.82) is 0 Å². The van der Waals surface area contributed by atoms with Crippen LogP contribution in [0.25, 0.3) is 21.9 Å². The van der Waals surface area contributed by atoms with Gasteiger partial charge in [-0.1, -0.05) is 41.5 Å². The van der Waals surface area contributed by atoms with Crippen LogP contribution in [0.5, 0.6) is 17.4 Å². The number of imidazole rings is 1. The van der Waals surface area contributed by atoms with E-state index in [1.54, 1.807) is 24.5 Å². The molecule has 1 saturated carbocycles. The number of rotatable bonds is 10. The van der Waals surface area contributed by atoms with E-state index < -0.39 is 38.1 Å². The highest BCUT2D eigenvalue weighted by Gasteiger charge is 2.46. The summed E-state index contributed by atoms with van der Waals surface area (Å²) >= 11 is 0. The Morgan fingerprint density at radius 3 is 2.80 bits per heavy atom. The van der Waals surface area contributed by atoms with E-state index >= 15 is 0 Å². The van der Waals surface area contributed by atoms with Crippen molar-refractivity contribution in [3.05, 3.63) is 42.7 Å². The molecule has 15 heteroatoms. The molecule has 3 N–H and O–H groups in total. The molecule has 6 rings (SSSR count). The molecule has 2 aliphatic rings. The second-order valence-corrected chi connectivity index (χ2v) is 12.7. The van der Waals surface area contributed by atoms with Crippen molar-refractivity contribution in [1.82, 2.24) is 19.5 Å². The Balaban J connectivity index is 1.18. The number of esters is 1. The van der Waals surface area contributed by atoms with Crippen LogP contribution in [0.15, 0.2) is 47.5 Å². The Morgan fingerprint density at radius 1 is 1.24 bits per heavy atom. The number of benzene rings is 2. The lowest BCUT2D eigenvalue weighted by Crippen LogP contribution is -2.32. The van der Waals surface area contributed by atoms with Crippen molar-refractivity contribution in [2.45, 2.75) is 82.5 Å². The van der Waals surface area contributed by atoms with Crippen LogP contribution in [0.2, 0.25) is 0 Å². The lowest BCUT2D eigenvalue weighted by molar-refractivity contribution is -0.170. The van der Waals surface area contributed by atoms with Crippen molar-refractivity contribution in [3.8, 4) is 17.4 Å². The molecule has 0 radical (unpaired) electrons.